The van der Waals surface area contributed by atoms with Crippen LogP contribution in [0.2, 0.25) is 0 Å². The van der Waals surface area contributed by atoms with E-state index in [1.807, 2.05) is 24.3 Å². The predicted octanol–water partition coefficient (Wildman–Crippen LogP) is -0.174. The second-order valence-corrected chi connectivity index (χ2v) is 9.05. The quantitative estimate of drug-likeness (QED) is 0.166. The van der Waals surface area contributed by atoms with Gasteiger partial charge in [-0.3, -0.25) is 19.2 Å². The van der Waals surface area contributed by atoms with E-state index < -0.39 is 54.2 Å². The van der Waals surface area contributed by atoms with Crippen LogP contribution in [0.1, 0.15) is 24.8 Å². The number of hydrogen-bond donors (Lipinski definition) is 7. The van der Waals surface area contributed by atoms with E-state index in [2.05, 4.69) is 20.9 Å². The molecule has 0 aliphatic heterocycles. The maximum absolute atomic E-state index is 13.2. The van der Waals surface area contributed by atoms with Crippen molar-refractivity contribution in [2.24, 2.45) is 5.73 Å². The molecule has 36 heavy (non-hydrogen) atoms. The molecule has 0 fully saturated rings. The summed E-state index contributed by atoms with van der Waals surface area (Å²) >= 11 is 1.41. The van der Waals surface area contributed by atoms with E-state index in [4.69, 9.17) is 10.8 Å². The third-order valence-electron chi connectivity index (χ3n) is 5.44. The van der Waals surface area contributed by atoms with Crippen LogP contribution < -0.4 is 21.7 Å². The van der Waals surface area contributed by atoms with Gasteiger partial charge >= 0.3 is 11.9 Å². The Morgan fingerprint density at radius 1 is 0.972 bits per heavy atom. The van der Waals surface area contributed by atoms with Crippen LogP contribution in [0.15, 0.2) is 30.5 Å². The number of amides is 3. The van der Waals surface area contributed by atoms with Crippen LogP contribution >= 0.6 is 11.8 Å². The number of para-hydroxylation sites is 1. The fourth-order valence-electron chi connectivity index (χ4n) is 3.56. The topological polar surface area (TPSA) is 204 Å². The molecule has 0 aliphatic rings. The number of nitrogens with one attached hydrogen (secondary N) is 4. The zero-order valence-electron chi connectivity index (χ0n) is 19.8. The minimum absolute atomic E-state index is 0.0698. The lowest BCUT2D eigenvalue weighted by Crippen LogP contribution is -2.56. The van der Waals surface area contributed by atoms with Crippen molar-refractivity contribution in [2.45, 2.75) is 43.8 Å². The van der Waals surface area contributed by atoms with E-state index in [0.717, 1.165) is 16.5 Å². The molecule has 0 saturated carbocycles. The highest BCUT2D eigenvalue weighted by Crippen LogP contribution is 2.19. The van der Waals surface area contributed by atoms with Crippen LogP contribution in [-0.4, -0.2) is 81.5 Å². The van der Waals surface area contributed by atoms with Crippen LogP contribution in [0.25, 0.3) is 10.9 Å². The summed E-state index contributed by atoms with van der Waals surface area (Å²) in [5, 5.41) is 26.7. The second-order valence-electron chi connectivity index (χ2n) is 8.06. The first kappa shape index (κ1) is 28.7. The molecule has 1 aromatic heterocycles. The molecule has 0 radical (unpaired) electrons. The Morgan fingerprint density at radius 3 is 2.28 bits per heavy atom. The predicted molar refractivity (Wildman–Crippen MR) is 134 cm³/mol. The molecule has 1 aromatic carbocycles. The molecular weight excluding hydrogens is 490 g/mol. The molecule has 3 unspecified atom stereocenters. The van der Waals surface area contributed by atoms with E-state index in [-0.39, 0.29) is 25.8 Å². The van der Waals surface area contributed by atoms with Crippen molar-refractivity contribution in [1.29, 1.82) is 0 Å². The van der Waals surface area contributed by atoms with Gasteiger partial charge in [-0.05, 0) is 36.5 Å². The number of thioether (sulfide) groups is 1. The molecule has 0 saturated heterocycles. The minimum atomic E-state index is -1.33. The van der Waals surface area contributed by atoms with Gasteiger partial charge in [-0.1, -0.05) is 18.2 Å². The van der Waals surface area contributed by atoms with Crippen LogP contribution in [0.3, 0.4) is 0 Å². The molecule has 196 valence electrons. The SMILES string of the molecule is CSCCC(NC(=O)C(CCC(=O)O)NC(=O)C(Cc1c[nH]c2ccccc12)NC(=O)CN)C(=O)O. The Bertz CT molecular complexity index is 1090. The van der Waals surface area contributed by atoms with Crippen molar-refractivity contribution in [3.05, 3.63) is 36.0 Å². The molecule has 0 spiro atoms. The fraction of sp³-hybridized carbons (Fsp3) is 0.435. The highest BCUT2D eigenvalue weighted by atomic mass is 32.2. The number of aromatic amines is 1. The van der Waals surface area contributed by atoms with Crippen molar-refractivity contribution in [3.63, 3.8) is 0 Å². The molecule has 1 heterocycles. The van der Waals surface area contributed by atoms with Gasteiger partial charge in [-0.25, -0.2) is 4.79 Å². The normalized spacial score (nSPS) is 13.4. The number of carbonyl (C=O) groups excluding carboxylic acids is 3. The molecule has 3 atom stereocenters. The molecule has 2 rings (SSSR count). The average Bonchev–Trinajstić information content (AvgIpc) is 3.25. The number of aromatic nitrogens is 1. The fourth-order valence-corrected chi connectivity index (χ4v) is 4.03. The summed E-state index contributed by atoms with van der Waals surface area (Å²) in [5.74, 6) is -4.11. The number of carboxylic acids is 2. The number of H-pyrrole nitrogens is 1. The van der Waals surface area contributed by atoms with E-state index >= 15 is 0 Å². The molecule has 0 aliphatic carbocycles. The van der Waals surface area contributed by atoms with Crippen molar-refractivity contribution in [3.8, 4) is 0 Å². The Hall–Kier alpha value is -3.58. The van der Waals surface area contributed by atoms with Gasteiger partial charge in [0.05, 0.1) is 6.54 Å². The molecule has 2 aromatic rings. The largest absolute Gasteiger partial charge is 0.481 e. The number of carboxylic acid groups (broad SMARTS) is 2. The van der Waals surface area contributed by atoms with E-state index in [9.17, 15) is 29.1 Å². The zero-order valence-corrected chi connectivity index (χ0v) is 20.6. The number of benzene rings is 1. The second kappa shape index (κ2) is 14.1. The van der Waals surface area contributed by atoms with Crippen LogP contribution in [0.4, 0.5) is 0 Å². The van der Waals surface area contributed by atoms with Crippen LogP contribution in [-0.2, 0) is 30.4 Å². The molecule has 12 nitrogen and oxygen atoms in total. The summed E-state index contributed by atoms with van der Waals surface area (Å²) < 4.78 is 0. The number of aliphatic carboxylic acids is 2. The number of nitrogens with two attached hydrogens (primary N) is 1. The van der Waals surface area contributed by atoms with Crippen molar-refractivity contribution in [2.75, 3.05) is 18.6 Å². The Morgan fingerprint density at radius 2 is 1.64 bits per heavy atom. The number of carbonyl (C=O) groups is 5. The highest BCUT2D eigenvalue weighted by molar-refractivity contribution is 7.98. The van der Waals surface area contributed by atoms with Gasteiger partial charge in [0.2, 0.25) is 17.7 Å². The van der Waals surface area contributed by atoms with Gasteiger partial charge in [0.15, 0.2) is 0 Å². The van der Waals surface area contributed by atoms with Crippen LogP contribution in [0.5, 0.6) is 0 Å². The molecule has 0 bridgehead atoms. The number of rotatable bonds is 15. The van der Waals surface area contributed by atoms with E-state index in [1.165, 1.54) is 11.8 Å². The summed E-state index contributed by atoms with van der Waals surface area (Å²) in [5.41, 5.74) is 6.97. The summed E-state index contributed by atoms with van der Waals surface area (Å²) in [6.07, 6.45) is 3.00. The lowest BCUT2D eigenvalue weighted by Gasteiger charge is -2.24. The van der Waals surface area contributed by atoms with E-state index in [0.29, 0.717) is 5.75 Å². The lowest BCUT2D eigenvalue weighted by atomic mass is 10.0. The Labute approximate surface area is 211 Å². The third kappa shape index (κ3) is 8.57. The van der Waals surface area contributed by atoms with Gasteiger partial charge in [0.1, 0.15) is 18.1 Å². The lowest BCUT2D eigenvalue weighted by molar-refractivity contribution is -0.143. The maximum Gasteiger partial charge on any atom is 0.326 e. The average molecular weight is 522 g/mol. The van der Waals surface area contributed by atoms with Crippen molar-refractivity contribution < 1.29 is 34.2 Å². The van der Waals surface area contributed by atoms with Gasteiger partial charge in [0.25, 0.3) is 0 Å². The van der Waals surface area contributed by atoms with Crippen molar-refractivity contribution in [1.82, 2.24) is 20.9 Å². The number of hydrogen-bond acceptors (Lipinski definition) is 7. The van der Waals surface area contributed by atoms with E-state index in [1.54, 1.807) is 12.5 Å². The summed E-state index contributed by atoms with van der Waals surface area (Å²) in [6, 6.07) is 3.73. The summed E-state index contributed by atoms with van der Waals surface area (Å²) in [4.78, 5) is 63.8. The van der Waals surface area contributed by atoms with Crippen molar-refractivity contribution >= 4 is 52.3 Å². The zero-order chi connectivity index (χ0) is 26.7. The molecule has 8 N–H and O–H groups in total. The molecule has 3 amide bonds. The summed E-state index contributed by atoms with van der Waals surface area (Å²) in [6.45, 7) is -0.365. The first-order valence-corrected chi connectivity index (χ1v) is 12.6. The smallest absolute Gasteiger partial charge is 0.326 e. The highest BCUT2D eigenvalue weighted by Gasteiger charge is 2.30. The van der Waals surface area contributed by atoms with Gasteiger partial charge in [0, 0.05) is 29.9 Å². The summed E-state index contributed by atoms with van der Waals surface area (Å²) in [7, 11) is 0. The van der Waals surface area contributed by atoms with Gasteiger partial charge < -0.3 is 36.9 Å². The Balaban J connectivity index is 2.23. The molecular formula is C23H31N5O7S. The first-order chi connectivity index (χ1) is 17.2. The minimum Gasteiger partial charge on any atom is -0.481 e. The van der Waals surface area contributed by atoms with Gasteiger partial charge in [-0.2, -0.15) is 11.8 Å². The van der Waals surface area contributed by atoms with Crippen LogP contribution in [0, 0.1) is 0 Å². The first-order valence-electron chi connectivity index (χ1n) is 11.2. The standard InChI is InChI=1S/C23H31N5O7S/c1-36-9-8-17(23(34)35)28-21(32)16(6-7-20(30)31)27-22(33)18(26-19(29)11-24)10-13-12-25-15-5-3-2-4-14(13)15/h2-5,12,16-18,25H,6-11,24H2,1H3,(H,26,29)(H,27,33)(H,28,32)(H,30,31)(H,34,35). The maximum atomic E-state index is 13.2. The molecule has 13 heteroatoms. The van der Waals surface area contributed by atoms with Gasteiger partial charge in [-0.15, -0.1) is 0 Å². The number of fused-ring (bicyclic) bond motifs is 1. The third-order valence-corrected chi connectivity index (χ3v) is 6.09. The monoisotopic (exact) mass is 521 g/mol. The Kier molecular flexibility index (Phi) is 11.2.